The van der Waals surface area contributed by atoms with E-state index in [4.69, 9.17) is 4.74 Å². The molecule has 2 heterocycles. The predicted octanol–water partition coefficient (Wildman–Crippen LogP) is 5.81. The molecule has 32 heavy (non-hydrogen) atoms. The quantitative estimate of drug-likeness (QED) is 0.515. The fourth-order valence-electron chi connectivity index (χ4n) is 5.06. The molecule has 1 aliphatic heterocycles. The van der Waals surface area contributed by atoms with Gasteiger partial charge < -0.3 is 9.64 Å². The van der Waals surface area contributed by atoms with Gasteiger partial charge in [0.2, 0.25) is 0 Å². The molecule has 160 valence electrons. The minimum Gasteiger partial charge on any atom is -0.451 e. The molecule has 1 saturated heterocycles. The van der Waals surface area contributed by atoms with Crippen molar-refractivity contribution in [3.05, 3.63) is 65.9 Å². The summed E-state index contributed by atoms with van der Waals surface area (Å²) in [5.74, 6) is 2.02. The van der Waals surface area contributed by atoms with Gasteiger partial charge in [0.05, 0.1) is 17.8 Å². The average molecular weight is 426 g/mol. The largest absolute Gasteiger partial charge is 0.451 e. The SMILES string of the molecule is N#Cc1ccc(-c2cc(F)ccc2Oc2cncnc2N2CC3(CCC3)C2)c(C2CC2)c1. The van der Waals surface area contributed by atoms with E-state index in [1.165, 1.54) is 31.4 Å². The minimum atomic E-state index is -0.322. The first-order valence-corrected chi connectivity index (χ1v) is 11.2. The third kappa shape index (κ3) is 3.29. The molecule has 2 aliphatic carbocycles. The summed E-state index contributed by atoms with van der Waals surface area (Å²) in [6, 6.07) is 12.4. The van der Waals surface area contributed by atoms with E-state index in [1.54, 1.807) is 24.7 Å². The Morgan fingerprint density at radius 1 is 1.06 bits per heavy atom. The van der Waals surface area contributed by atoms with Crippen LogP contribution in [0.3, 0.4) is 0 Å². The Bertz CT molecular complexity index is 1230. The highest BCUT2D eigenvalue weighted by atomic mass is 19.1. The highest BCUT2D eigenvalue weighted by Crippen LogP contribution is 2.51. The topological polar surface area (TPSA) is 62.0 Å². The van der Waals surface area contributed by atoms with E-state index >= 15 is 0 Å². The lowest BCUT2D eigenvalue weighted by Gasteiger charge is -2.56. The normalized spacial score (nSPS) is 18.6. The van der Waals surface area contributed by atoms with Gasteiger partial charge in [-0.3, -0.25) is 0 Å². The molecule has 1 aromatic heterocycles. The van der Waals surface area contributed by atoms with Gasteiger partial charge in [0.25, 0.3) is 0 Å². The number of hydrogen-bond acceptors (Lipinski definition) is 5. The molecule has 0 radical (unpaired) electrons. The van der Waals surface area contributed by atoms with Gasteiger partial charge in [0.15, 0.2) is 11.6 Å². The van der Waals surface area contributed by atoms with E-state index in [0.717, 1.165) is 42.9 Å². The molecule has 0 amide bonds. The molecule has 0 bridgehead atoms. The summed E-state index contributed by atoms with van der Waals surface area (Å²) in [4.78, 5) is 10.9. The number of aromatic nitrogens is 2. The zero-order chi connectivity index (χ0) is 21.7. The molecule has 6 heteroatoms. The molecular formula is C26H23FN4O. The van der Waals surface area contributed by atoms with Crippen molar-refractivity contribution in [1.82, 2.24) is 9.97 Å². The maximum absolute atomic E-state index is 14.3. The third-order valence-electron chi connectivity index (χ3n) is 7.07. The Balaban J connectivity index is 1.37. The van der Waals surface area contributed by atoms with Crippen LogP contribution in [0.15, 0.2) is 48.9 Å². The van der Waals surface area contributed by atoms with Crippen molar-refractivity contribution in [3.63, 3.8) is 0 Å². The minimum absolute atomic E-state index is 0.322. The molecule has 5 nitrogen and oxygen atoms in total. The number of halogens is 1. The zero-order valence-electron chi connectivity index (χ0n) is 17.7. The van der Waals surface area contributed by atoms with Crippen molar-refractivity contribution in [1.29, 1.82) is 5.26 Å². The van der Waals surface area contributed by atoms with Gasteiger partial charge in [-0.25, -0.2) is 14.4 Å². The van der Waals surface area contributed by atoms with Gasteiger partial charge >= 0.3 is 0 Å². The van der Waals surface area contributed by atoms with Gasteiger partial charge in [-0.05, 0) is 73.1 Å². The van der Waals surface area contributed by atoms with Crippen molar-refractivity contribution >= 4 is 5.82 Å². The molecule has 3 fully saturated rings. The van der Waals surface area contributed by atoms with Crippen LogP contribution in [0.5, 0.6) is 11.5 Å². The molecule has 2 saturated carbocycles. The van der Waals surface area contributed by atoms with Crippen LogP contribution >= 0.6 is 0 Å². The number of nitriles is 1. The van der Waals surface area contributed by atoms with Crippen LogP contribution < -0.4 is 9.64 Å². The molecule has 0 N–H and O–H groups in total. The number of hydrogen-bond donors (Lipinski definition) is 0. The Morgan fingerprint density at radius 2 is 1.91 bits per heavy atom. The standard InChI is InChI=1S/C26H23FN4O/c27-19-5-7-23(22(11-19)20-6-2-17(12-28)10-21(20)18-3-4-18)32-24-13-29-16-30-25(24)31-14-26(15-31)8-1-9-26/h2,5-7,10-11,13,16,18H,1,3-4,8-9,14-15H2. The average Bonchev–Trinajstić information content (AvgIpc) is 3.59. The van der Waals surface area contributed by atoms with Crippen molar-refractivity contribution < 1.29 is 9.13 Å². The Labute approximate surface area is 186 Å². The van der Waals surface area contributed by atoms with Gasteiger partial charge in [-0.2, -0.15) is 5.26 Å². The highest BCUT2D eigenvalue weighted by molar-refractivity contribution is 5.76. The molecule has 6 rings (SSSR count). The molecule has 3 aliphatic rings. The lowest BCUT2D eigenvalue weighted by molar-refractivity contribution is 0.0892. The lowest BCUT2D eigenvalue weighted by Crippen LogP contribution is -2.60. The summed E-state index contributed by atoms with van der Waals surface area (Å²) < 4.78 is 20.7. The van der Waals surface area contributed by atoms with Crippen molar-refractivity contribution in [2.24, 2.45) is 5.41 Å². The Hall–Kier alpha value is -3.46. The first-order chi connectivity index (χ1) is 15.6. The van der Waals surface area contributed by atoms with Crippen LogP contribution in [0.25, 0.3) is 11.1 Å². The smallest absolute Gasteiger partial charge is 0.188 e. The summed E-state index contributed by atoms with van der Waals surface area (Å²) in [5, 5.41) is 9.34. The number of ether oxygens (including phenoxy) is 1. The van der Waals surface area contributed by atoms with Crippen LogP contribution in [-0.2, 0) is 0 Å². The van der Waals surface area contributed by atoms with E-state index < -0.39 is 0 Å². The van der Waals surface area contributed by atoms with Gasteiger partial charge in [0, 0.05) is 24.1 Å². The fraction of sp³-hybridized carbons (Fsp3) is 0.346. The number of rotatable bonds is 5. The summed E-state index contributed by atoms with van der Waals surface area (Å²) in [7, 11) is 0. The second kappa shape index (κ2) is 7.30. The maximum atomic E-state index is 14.3. The van der Waals surface area contributed by atoms with Crippen LogP contribution in [0.1, 0.15) is 49.1 Å². The first-order valence-electron chi connectivity index (χ1n) is 11.2. The summed E-state index contributed by atoms with van der Waals surface area (Å²) in [5.41, 5.74) is 3.77. The Morgan fingerprint density at radius 3 is 2.62 bits per heavy atom. The number of nitrogens with zero attached hydrogens (tertiary/aromatic N) is 4. The van der Waals surface area contributed by atoms with Gasteiger partial charge in [0.1, 0.15) is 17.9 Å². The lowest BCUT2D eigenvalue weighted by atomic mass is 9.63. The molecule has 1 spiro atoms. The van der Waals surface area contributed by atoms with Crippen LogP contribution in [0, 0.1) is 22.6 Å². The highest BCUT2D eigenvalue weighted by Gasteiger charge is 2.48. The monoisotopic (exact) mass is 426 g/mol. The number of benzene rings is 2. The summed E-state index contributed by atoms with van der Waals surface area (Å²) in [6.07, 6.45) is 9.29. The third-order valence-corrected chi connectivity index (χ3v) is 7.07. The number of anilines is 1. The van der Waals surface area contributed by atoms with E-state index in [9.17, 15) is 9.65 Å². The van der Waals surface area contributed by atoms with E-state index in [2.05, 4.69) is 20.9 Å². The second-order valence-corrected chi connectivity index (χ2v) is 9.35. The molecule has 3 aromatic rings. The fourth-order valence-corrected chi connectivity index (χ4v) is 5.06. The van der Waals surface area contributed by atoms with Crippen LogP contribution in [0.4, 0.5) is 10.2 Å². The van der Waals surface area contributed by atoms with Crippen molar-refractivity contribution in [2.45, 2.75) is 38.0 Å². The molecule has 0 unspecified atom stereocenters. The van der Waals surface area contributed by atoms with Gasteiger partial charge in [-0.1, -0.05) is 12.5 Å². The van der Waals surface area contributed by atoms with Crippen LogP contribution in [0.2, 0.25) is 0 Å². The zero-order valence-corrected chi connectivity index (χ0v) is 17.7. The van der Waals surface area contributed by atoms with E-state index in [0.29, 0.717) is 34.0 Å². The summed E-state index contributed by atoms with van der Waals surface area (Å²) >= 11 is 0. The molecule has 0 atom stereocenters. The van der Waals surface area contributed by atoms with Crippen molar-refractivity contribution in [2.75, 3.05) is 18.0 Å². The predicted molar refractivity (Wildman–Crippen MR) is 119 cm³/mol. The maximum Gasteiger partial charge on any atom is 0.188 e. The van der Waals surface area contributed by atoms with E-state index in [-0.39, 0.29) is 5.82 Å². The van der Waals surface area contributed by atoms with Crippen LogP contribution in [-0.4, -0.2) is 23.1 Å². The second-order valence-electron chi connectivity index (χ2n) is 9.35. The molecule has 2 aromatic carbocycles. The van der Waals surface area contributed by atoms with Crippen molar-refractivity contribution in [3.8, 4) is 28.7 Å². The first kappa shape index (κ1) is 19.2. The summed E-state index contributed by atoms with van der Waals surface area (Å²) in [6.45, 7) is 2.00. The Kier molecular flexibility index (Phi) is 4.39. The molecular weight excluding hydrogens is 403 g/mol. The van der Waals surface area contributed by atoms with E-state index in [1.807, 2.05) is 12.1 Å². The van der Waals surface area contributed by atoms with Gasteiger partial charge in [-0.15, -0.1) is 0 Å².